The number of hydrogen-bond acceptors (Lipinski definition) is 6. The van der Waals surface area contributed by atoms with Crippen molar-refractivity contribution in [2.75, 3.05) is 13.2 Å². The molecule has 0 aromatic heterocycles. The normalized spacial score (nSPS) is 12.4. The maximum absolute atomic E-state index is 13.0. The molecule has 1 atom stereocenters. The summed E-state index contributed by atoms with van der Waals surface area (Å²) < 4.78 is 17.0. The molecular formula is C77H140O6. The van der Waals surface area contributed by atoms with Gasteiger partial charge in [0.1, 0.15) is 13.2 Å². The molecule has 0 amide bonds. The number of allylic oxidation sites excluding steroid dienone is 10. The van der Waals surface area contributed by atoms with Crippen LogP contribution in [0.2, 0.25) is 0 Å². The maximum atomic E-state index is 13.0. The van der Waals surface area contributed by atoms with Crippen molar-refractivity contribution in [1.82, 2.24) is 0 Å². The number of esters is 3. The Balaban J connectivity index is 4.29. The largest absolute Gasteiger partial charge is 0.462 e. The molecule has 0 aliphatic carbocycles. The lowest BCUT2D eigenvalue weighted by Crippen LogP contribution is -2.30. The first-order chi connectivity index (χ1) is 41.0. The number of ether oxygens (including phenoxy) is 3. The van der Waals surface area contributed by atoms with Crippen molar-refractivity contribution in [3.05, 3.63) is 60.8 Å². The van der Waals surface area contributed by atoms with E-state index in [9.17, 15) is 14.4 Å². The SMILES string of the molecule is CCCCCCC/C=C\C/C=C\C/C=C\CCCCCCCCCCCCCCC(=O)OCC(COC(=O)CCCCCCC/C=C\CCCCCCCC)OC(=O)CCCCCCCCCCCCC/C=C\CCCCCCCCCC. The van der Waals surface area contributed by atoms with Crippen LogP contribution in [0.25, 0.3) is 0 Å². The van der Waals surface area contributed by atoms with Crippen LogP contribution < -0.4 is 0 Å². The van der Waals surface area contributed by atoms with Crippen LogP contribution >= 0.6 is 0 Å². The topological polar surface area (TPSA) is 78.9 Å². The summed E-state index contributed by atoms with van der Waals surface area (Å²) in [4.78, 5) is 38.5. The summed E-state index contributed by atoms with van der Waals surface area (Å²) in [7, 11) is 0. The molecule has 0 saturated heterocycles. The molecule has 484 valence electrons. The van der Waals surface area contributed by atoms with Gasteiger partial charge in [-0.1, -0.05) is 326 Å². The molecule has 0 saturated carbocycles. The van der Waals surface area contributed by atoms with E-state index in [1.54, 1.807) is 0 Å². The van der Waals surface area contributed by atoms with Gasteiger partial charge < -0.3 is 14.2 Å². The molecule has 0 N–H and O–H groups in total. The van der Waals surface area contributed by atoms with Crippen molar-refractivity contribution in [3.63, 3.8) is 0 Å². The van der Waals surface area contributed by atoms with Crippen LogP contribution in [0.5, 0.6) is 0 Å². The Kier molecular flexibility index (Phi) is 69.1. The highest BCUT2D eigenvalue weighted by Crippen LogP contribution is 2.18. The molecule has 0 spiro atoms. The summed E-state index contributed by atoms with van der Waals surface area (Å²) >= 11 is 0. The zero-order valence-electron chi connectivity index (χ0n) is 55.7. The minimum atomic E-state index is -0.780. The van der Waals surface area contributed by atoms with Crippen LogP contribution in [0.4, 0.5) is 0 Å². The molecule has 0 aliphatic rings. The van der Waals surface area contributed by atoms with E-state index in [1.807, 2.05) is 0 Å². The Hall–Kier alpha value is -2.89. The van der Waals surface area contributed by atoms with Gasteiger partial charge in [0.15, 0.2) is 6.10 Å². The van der Waals surface area contributed by atoms with Crippen LogP contribution in [-0.2, 0) is 28.6 Å². The summed E-state index contributed by atoms with van der Waals surface area (Å²) in [5.74, 6) is -0.861. The van der Waals surface area contributed by atoms with Gasteiger partial charge >= 0.3 is 17.9 Å². The summed E-state index contributed by atoms with van der Waals surface area (Å²) in [6.45, 7) is 6.68. The second-order valence-electron chi connectivity index (χ2n) is 24.8. The van der Waals surface area contributed by atoms with Gasteiger partial charge in [0, 0.05) is 19.3 Å². The third-order valence-electron chi connectivity index (χ3n) is 16.5. The predicted octanol–water partition coefficient (Wildman–Crippen LogP) is 25.5. The molecule has 83 heavy (non-hydrogen) atoms. The molecule has 1 unspecified atom stereocenters. The van der Waals surface area contributed by atoms with Crippen LogP contribution in [-0.4, -0.2) is 37.2 Å². The van der Waals surface area contributed by atoms with E-state index >= 15 is 0 Å². The van der Waals surface area contributed by atoms with Crippen molar-refractivity contribution in [2.45, 2.75) is 399 Å². The van der Waals surface area contributed by atoms with Crippen molar-refractivity contribution >= 4 is 17.9 Å². The van der Waals surface area contributed by atoms with Crippen LogP contribution in [0.3, 0.4) is 0 Å². The fraction of sp³-hybridized carbons (Fsp3) is 0.831. The van der Waals surface area contributed by atoms with E-state index in [0.717, 1.165) is 77.0 Å². The average molecular weight is 1160 g/mol. The number of carbonyl (C=O) groups excluding carboxylic acids is 3. The smallest absolute Gasteiger partial charge is 0.306 e. The average Bonchev–Trinajstić information content (AvgIpc) is 3.49. The maximum Gasteiger partial charge on any atom is 0.306 e. The second-order valence-corrected chi connectivity index (χ2v) is 24.8. The standard InChI is InChI=1S/C77H140O6/c1-4-7-10-13-16-19-22-25-28-30-32-34-36-37-38-39-41-42-44-46-49-52-55-58-61-64-67-70-76(79)82-73-74(72-81-75(78)69-66-63-60-57-54-51-48-27-24-21-18-15-12-9-6-3)83-77(80)71-68-65-62-59-56-53-50-47-45-43-40-35-33-31-29-26-23-20-17-14-11-8-5-2/h22,25,27,30-33,36-37,48,74H,4-21,23-24,26,28-29,34-35,38-47,49-73H2,1-3H3/b25-22-,32-30-,33-31-,37-36-,48-27-. The quantitative estimate of drug-likeness (QED) is 0.0261. The lowest BCUT2D eigenvalue weighted by molar-refractivity contribution is -0.167. The summed E-state index contributed by atoms with van der Waals surface area (Å²) in [5, 5.41) is 0. The van der Waals surface area contributed by atoms with Crippen molar-refractivity contribution in [2.24, 2.45) is 0 Å². The van der Waals surface area contributed by atoms with Gasteiger partial charge in [-0.05, 0) is 109 Å². The van der Waals surface area contributed by atoms with E-state index in [4.69, 9.17) is 14.2 Å². The van der Waals surface area contributed by atoms with Crippen LogP contribution in [0, 0.1) is 0 Å². The number of carbonyl (C=O) groups is 3. The van der Waals surface area contributed by atoms with E-state index in [0.29, 0.717) is 19.3 Å². The van der Waals surface area contributed by atoms with Gasteiger partial charge in [0.05, 0.1) is 0 Å². The Bertz CT molecular complexity index is 1470. The van der Waals surface area contributed by atoms with Crippen LogP contribution in [0.1, 0.15) is 393 Å². The van der Waals surface area contributed by atoms with Gasteiger partial charge in [-0.2, -0.15) is 0 Å². The zero-order chi connectivity index (χ0) is 59.9. The zero-order valence-corrected chi connectivity index (χ0v) is 55.7. The molecule has 0 rings (SSSR count). The molecular weight excluding hydrogens is 1020 g/mol. The molecule has 6 heteroatoms. The first-order valence-electron chi connectivity index (χ1n) is 36.8. The Morgan fingerprint density at radius 1 is 0.241 bits per heavy atom. The van der Waals surface area contributed by atoms with Crippen molar-refractivity contribution in [3.8, 4) is 0 Å². The molecule has 0 bridgehead atoms. The van der Waals surface area contributed by atoms with Crippen molar-refractivity contribution < 1.29 is 28.6 Å². The molecule has 0 fully saturated rings. The van der Waals surface area contributed by atoms with Gasteiger partial charge in [0.25, 0.3) is 0 Å². The molecule has 0 aromatic rings. The predicted molar refractivity (Wildman–Crippen MR) is 362 cm³/mol. The fourth-order valence-electron chi connectivity index (χ4n) is 10.9. The van der Waals surface area contributed by atoms with E-state index < -0.39 is 6.10 Å². The molecule has 0 radical (unpaired) electrons. The number of unbranched alkanes of at least 4 members (excludes halogenated alkanes) is 47. The first kappa shape index (κ1) is 80.1. The fourth-order valence-corrected chi connectivity index (χ4v) is 10.9. The van der Waals surface area contributed by atoms with Crippen LogP contribution in [0.15, 0.2) is 60.8 Å². The Morgan fingerprint density at radius 2 is 0.434 bits per heavy atom. The minimum absolute atomic E-state index is 0.0750. The van der Waals surface area contributed by atoms with Gasteiger partial charge in [-0.25, -0.2) is 0 Å². The van der Waals surface area contributed by atoms with Crippen molar-refractivity contribution in [1.29, 1.82) is 0 Å². The number of hydrogen-bond donors (Lipinski definition) is 0. The van der Waals surface area contributed by atoms with Gasteiger partial charge in [-0.15, -0.1) is 0 Å². The van der Waals surface area contributed by atoms with E-state index in [2.05, 4.69) is 81.5 Å². The Morgan fingerprint density at radius 3 is 0.687 bits per heavy atom. The summed E-state index contributed by atoms with van der Waals surface area (Å²) in [6, 6.07) is 0. The molecule has 0 aromatic carbocycles. The third-order valence-corrected chi connectivity index (χ3v) is 16.5. The first-order valence-corrected chi connectivity index (χ1v) is 36.8. The van der Waals surface area contributed by atoms with E-state index in [1.165, 1.54) is 276 Å². The van der Waals surface area contributed by atoms with E-state index in [-0.39, 0.29) is 31.1 Å². The third kappa shape index (κ3) is 69.8. The lowest BCUT2D eigenvalue weighted by atomic mass is 10.0. The molecule has 6 nitrogen and oxygen atoms in total. The lowest BCUT2D eigenvalue weighted by Gasteiger charge is -2.18. The molecule has 0 heterocycles. The highest BCUT2D eigenvalue weighted by atomic mass is 16.6. The second kappa shape index (κ2) is 71.6. The highest BCUT2D eigenvalue weighted by molar-refractivity contribution is 5.71. The number of rotatable bonds is 68. The van der Waals surface area contributed by atoms with Gasteiger partial charge in [0.2, 0.25) is 0 Å². The van der Waals surface area contributed by atoms with Gasteiger partial charge in [-0.3, -0.25) is 14.4 Å². The minimum Gasteiger partial charge on any atom is -0.462 e. The Labute approximate surface area is 517 Å². The molecule has 0 aliphatic heterocycles. The summed E-state index contributed by atoms with van der Waals surface area (Å²) in [6.07, 6.45) is 92.5. The highest BCUT2D eigenvalue weighted by Gasteiger charge is 2.19. The monoisotopic (exact) mass is 1160 g/mol. The summed E-state index contributed by atoms with van der Waals surface area (Å²) in [5.41, 5.74) is 0.